The molecule has 9 heteroatoms. The molecule has 38 heavy (non-hydrogen) atoms. The minimum Gasteiger partial charge on any atom is -0.442 e. The SMILES string of the molecule is CC(=O)NC[C@H]1CN(c2ccc(-c3ccc(CNC(=O)C4=CC5C=CC=CC5N=C4)cc3)c(F)c2)C(=O)O1. The second kappa shape index (κ2) is 10.8. The Kier molecular flexibility index (Phi) is 7.17. The summed E-state index contributed by atoms with van der Waals surface area (Å²) in [5.41, 5.74) is 2.85. The first-order valence-corrected chi connectivity index (χ1v) is 12.4. The van der Waals surface area contributed by atoms with E-state index in [1.165, 1.54) is 17.9 Å². The number of anilines is 1. The lowest BCUT2D eigenvalue weighted by Crippen LogP contribution is -2.33. The Balaban J connectivity index is 1.19. The lowest BCUT2D eigenvalue weighted by Gasteiger charge is -2.22. The van der Waals surface area contributed by atoms with Crippen molar-refractivity contribution >= 4 is 29.8 Å². The van der Waals surface area contributed by atoms with Crippen LogP contribution in [0.4, 0.5) is 14.9 Å². The number of nitrogens with one attached hydrogen (secondary N) is 2. The van der Waals surface area contributed by atoms with Crippen molar-refractivity contribution < 1.29 is 23.5 Å². The van der Waals surface area contributed by atoms with Crippen molar-refractivity contribution in [1.29, 1.82) is 0 Å². The van der Waals surface area contributed by atoms with Crippen LogP contribution in [0, 0.1) is 11.7 Å². The molecule has 3 amide bonds. The maximum Gasteiger partial charge on any atom is 0.414 e. The van der Waals surface area contributed by atoms with Gasteiger partial charge in [-0.05, 0) is 29.3 Å². The highest BCUT2D eigenvalue weighted by Crippen LogP contribution is 2.29. The first kappa shape index (κ1) is 25.1. The van der Waals surface area contributed by atoms with E-state index in [0.29, 0.717) is 28.9 Å². The van der Waals surface area contributed by atoms with Crippen molar-refractivity contribution in [2.24, 2.45) is 10.9 Å². The number of benzene rings is 2. The first-order valence-electron chi connectivity index (χ1n) is 12.4. The molecule has 0 bridgehead atoms. The van der Waals surface area contributed by atoms with Gasteiger partial charge in [-0.25, -0.2) is 9.18 Å². The van der Waals surface area contributed by atoms with Gasteiger partial charge in [-0.3, -0.25) is 19.5 Å². The standard InChI is InChI=1S/C29H27FN4O4/c1-18(35)31-16-24-17-34(29(37)38-24)23-10-11-25(26(30)13-23)20-8-6-19(7-9-20)14-33-28(36)22-12-21-4-2-3-5-27(21)32-15-22/h2-13,15,21,24,27H,14,16-17H2,1H3,(H,31,35)(H,33,36)/t21?,24-,27?/m0/s1. The number of halogens is 1. The zero-order chi connectivity index (χ0) is 26.6. The molecule has 2 N–H and O–H groups in total. The molecular weight excluding hydrogens is 487 g/mol. The summed E-state index contributed by atoms with van der Waals surface area (Å²) in [6.07, 6.45) is 10.4. The average Bonchev–Trinajstić information content (AvgIpc) is 3.31. The van der Waals surface area contributed by atoms with E-state index in [0.717, 1.165) is 5.56 Å². The number of nitrogens with zero attached hydrogens (tertiary/aromatic N) is 2. The van der Waals surface area contributed by atoms with E-state index in [4.69, 9.17) is 4.74 Å². The number of carbonyl (C=O) groups excluding carboxylic acids is 3. The van der Waals surface area contributed by atoms with E-state index < -0.39 is 18.0 Å². The van der Waals surface area contributed by atoms with Crippen LogP contribution in [-0.4, -0.2) is 49.4 Å². The van der Waals surface area contributed by atoms with Crippen molar-refractivity contribution in [2.75, 3.05) is 18.0 Å². The molecule has 8 nitrogen and oxygen atoms in total. The van der Waals surface area contributed by atoms with E-state index in [1.807, 2.05) is 42.5 Å². The van der Waals surface area contributed by atoms with Gasteiger partial charge < -0.3 is 15.4 Å². The minimum absolute atomic E-state index is 0.0506. The topological polar surface area (TPSA) is 100 Å². The monoisotopic (exact) mass is 514 g/mol. The summed E-state index contributed by atoms with van der Waals surface area (Å²) >= 11 is 0. The Labute approximate surface area is 219 Å². The number of hydrogen-bond acceptors (Lipinski definition) is 5. The fourth-order valence-corrected chi connectivity index (χ4v) is 4.56. The fourth-order valence-electron chi connectivity index (χ4n) is 4.56. The zero-order valence-electron chi connectivity index (χ0n) is 20.8. The molecule has 0 aromatic heterocycles. The molecule has 5 rings (SSSR count). The van der Waals surface area contributed by atoms with Crippen LogP contribution in [0.5, 0.6) is 0 Å². The molecule has 1 fully saturated rings. The number of hydrogen-bond donors (Lipinski definition) is 2. The number of fused-ring (bicyclic) bond motifs is 1. The van der Waals surface area contributed by atoms with Gasteiger partial charge >= 0.3 is 6.09 Å². The predicted molar refractivity (Wildman–Crippen MR) is 142 cm³/mol. The summed E-state index contributed by atoms with van der Waals surface area (Å²) in [5.74, 6) is -0.796. The van der Waals surface area contributed by atoms with E-state index in [9.17, 15) is 14.4 Å². The van der Waals surface area contributed by atoms with Crippen LogP contribution in [-0.2, 0) is 20.9 Å². The zero-order valence-corrected chi connectivity index (χ0v) is 20.8. The van der Waals surface area contributed by atoms with Crippen LogP contribution in [0.25, 0.3) is 11.1 Å². The smallest absolute Gasteiger partial charge is 0.414 e. The highest BCUT2D eigenvalue weighted by atomic mass is 19.1. The molecule has 0 saturated carbocycles. The molecule has 1 aliphatic carbocycles. The van der Waals surface area contributed by atoms with Crippen LogP contribution < -0.4 is 15.5 Å². The number of allylic oxidation sites excluding steroid dienone is 2. The summed E-state index contributed by atoms with van der Waals surface area (Å²) in [7, 11) is 0. The van der Waals surface area contributed by atoms with Crippen LogP contribution in [0.2, 0.25) is 0 Å². The minimum atomic E-state index is -0.582. The van der Waals surface area contributed by atoms with E-state index in [2.05, 4.69) is 15.6 Å². The van der Waals surface area contributed by atoms with Crippen molar-refractivity contribution in [3.05, 3.63) is 89.8 Å². The Morgan fingerprint density at radius 1 is 1.11 bits per heavy atom. The van der Waals surface area contributed by atoms with Gasteiger partial charge in [0.05, 0.1) is 30.4 Å². The Morgan fingerprint density at radius 2 is 1.89 bits per heavy atom. The van der Waals surface area contributed by atoms with Gasteiger partial charge in [0.25, 0.3) is 5.91 Å². The number of aliphatic imine (C=N–C) groups is 1. The molecule has 2 heterocycles. The third-order valence-electron chi connectivity index (χ3n) is 6.60. The van der Waals surface area contributed by atoms with Gasteiger partial charge in [0.1, 0.15) is 11.9 Å². The molecule has 2 aromatic rings. The van der Waals surface area contributed by atoms with Gasteiger partial charge in [0, 0.05) is 31.2 Å². The van der Waals surface area contributed by atoms with Crippen molar-refractivity contribution in [1.82, 2.24) is 10.6 Å². The molecule has 0 spiro atoms. The lowest BCUT2D eigenvalue weighted by atomic mass is 9.91. The molecule has 1 saturated heterocycles. The van der Waals surface area contributed by atoms with Crippen molar-refractivity contribution in [2.45, 2.75) is 25.6 Å². The Hall–Kier alpha value is -4.53. The number of cyclic esters (lactones) is 1. The van der Waals surface area contributed by atoms with Gasteiger partial charge in [-0.1, -0.05) is 54.6 Å². The highest BCUT2D eigenvalue weighted by molar-refractivity contribution is 6.12. The average molecular weight is 515 g/mol. The molecule has 2 aromatic carbocycles. The van der Waals surface area contributed by atoms with Gasteiger partial charge in [0.15, 0.2) is 0 Å². The highest BCUT2D eigenvalue weighted by Gasteiger charge is 2.32. The van der Waals surface area contributed by atoms with Crippen molar-refractivity contribution in [3.8, 4) is 11.1 Å². The molecule has 2 unspecified atom stereocenters. The fraction of sp³-hybridized carbons (Fsp3) is 0.241. The maximum absolute atomic E-state index is 15.0. The summed E-state index contributed by atoms with van der Waals surface area (Å²) in [6, 6.07) is 11.9. The Bertz CT molecular complexity index is 1380. The quantitative estimate of drug-likeness (QED) is 0.589. The maximum atomic E-state index is 15.0. The second-order valence-corrected chi connectivity index (χ2v) is 9.34. The van der Waals surface area contributed by atoms with Crippen LogP contribution in [0.1, 0.15) is 12.5 Å². The van der Waals surface area contributed by atoms with Crippen LogP contribution >= 0.6 is 0 Å². The van der Waals surface area contributed by atoms with E-state index in [-0.39, 0.29) is 36.9 Å². The third-order valence-corrected chi connectivity index (χ3v) is 6.60. The van der Waals surface area contributed by atoms with Crippen LogP contribution in [0.3, 0.4) is 0 Å². The van der Waals surface area contributed by atoms with Gasteiger partial charge in [0.2, 0.25) is 5.91 Å². The van der Waals surface area contributed by atoms with Crippen molar-refractivity contribution in [3.63, 3.8) is 0 Å². The normalized spacial score (nSPS) is 21.5. The molecule has 2 aliphatic heterocycles. The summed E-state index contributed by atoms with van der Waals surface area (Å²) in [6.45, 7) is 2.13. The number of rotatable bonds is 7. The Morgan fingerprint density at radius 3 is 2.66 bits per heavy atom. The summed E-state index contributed by atoms with van der Waals surface area (Å²) in [5, 5.41) is 5.52. The van der Waals surface area contributed by atoms with E-state index in [1.54, 1.807) is 30.5 Å². The molecule has 3 atom stereocenters. The predicted octanol–water partition coefficient (Wildman–Crippen LogP) is 3.69. The molecule has 3 aliphatic rings. The second-order valence-electron chi connectivity index (χ2n) is 9.34. The molecular formula is C29H27FN4O4. The number of dihydropyridines is 1. The number of carbonyl (C=O) groups is 3. The number of ether oxygens (including phenoxy) is 1. The number of amides is 3. The molecule has 194 valence electrons. The third kappa shape index (κ3) is 5.56. The van der Waals surface area contributed by atoms with Gasteiger partial charge in [-0.2, -0.15) is 0 Å². The first-order chi connectivity index (χ1) is 18.4. The van der Waals surface area contributed by atoms with E-state index >= 15 is 4.39 Å². The van der Waals surface area contributed by atoms with Gasteiger partial charge in [-0.15, -0.1) is 0 Å². The summed E-state index contributed by atoms with van der Waals surface area (Å²) in [4.78, 5) is 41.7. The van der Waals surface area contributed by atoms with Crippen LogP contribution in [0.15, 0.2) is 83.4 Å². The lowest BCUT2D eigenvalue weighted by molar-refractivity contribution is -0.119. The summed E-state index contributed by atoms with van der Waals surface area (Å²) < 4.78 is 20.3. The molecule has 0 radical (unpaired) electrons. The largest absolute Gasteiger partial charge is 0.442 e.